The summed E-state index contributed by atoms with van der Waals surface area (Å²) in [5.74, 6) is 2.02. The number of nitrogens with one attached hydrogen (secondary N) is 1. The number of pyridine rings is 1. The molecule has 0 spiro atoms. The minimum Gasteiger partial charge on any atom is -0.497 e. The standard InChI is InChI=1S/C22H19N5O2/c1-14-10-21(25-13-24-18-9-8-15(28-2)11-20(18)29-3)27-19-7-5-4-6-17(19)26-22(27)16(14)12-23/h4-11,13H,1-3H3,(H,24,25). The summed E-state index contributed by atoms with van der Waals surface area (Å²) in [6, 6.07) is 17.4. The number of hydrogen-bond acceptors (Lipinski definition) is 5. The fourth-order valence-corrected chi connectivity index (χ4v) is 3.25. The van der Waals surface area contributed by atoms with Crippen molar-refractivity contribution in [1.82, 2.24) is 9.38 Å². The summed E-state index contributed by atoms with van der Waals surface area (Å²) in [6.45, 7) is 1.89. The number of aromatic nitrogens is 2. The SMILES string of the molecule is COc1ccc(NC=Nc2cc(C)c(C#N)c3nc4ccccc4n23)c(OC)c1. The Morgan fingerprint density at radius 1 is 1.14 bits per heavy atom. The Morgan fingerprint density at radius 3 is 2.72 bits per heavy atom. The fourth-order valence-electron chi connectivity index (χ4n) is 3.25. The van der Waals surface area contributed by atoms with Crippen molar-refractivity contribution in [3.63, 3.8) is 0 Å². The van der Waals surface area contributed by atoms with Crippen LogP contribution in [0.3, 0.4) is 0 Å². The number of ether oxygens (including phenoxy) is 2. The zero-order valence-electron chi connectivity index (χ0n) is 16.3. The van der Waals surface area contributed by atoms with Gasteiger partial charge in [-0.1, -0.05) is 12.1 Å². The molecule has 0 saturated carbocycles. The van der Waals surface area contributed by atoms with Crippen LogP contribution >= 0.6 is 0 Å². The summed E-state index contributed by atoms with van der Waals surface area (Å²) < 4.78 is 12.5. The largest absolute Gasteiger partial charge is 0.497 e. The first kappa shape index (κ1) is 18.3. The molecule has 0 aliphatic carbocycles. The highest BCUT2D eigenvalue weighted by Gasteiger charge is 2.14. The van der Waals surface area contributed by atoms with Gasteiger partial charge in [0, 0.05) is 6.07 Å². The number of para-hydroxylation sites is 2. The number of methoxy groups -OCH3 is 2. The van der Waals surface area contributed by atoms with Gasteiger partial charge in [-0.2, -0.15) is 5.26 Å². The van der Waals surface area contributed by atoms with E-state index in [1.54, 1.807) is 26.6 Å². The van der Waals surface area contributed by atoms with Gasteiger partial charge in [0.05, 0.1) is 42.8 Å². The second kappa shape index (κ2) is 7.52. The zero-order valence-corrected chi connectivity index (χ0v) is 16.3. The minimum absolute atomic E-state index is 0.546. The minimum atomic E-state index is 0.546. The highest BCUT2D eigenvalue weighted by atomic mass is 16.5. The number of anilines is 1. The Balaban J connectivity index is 1.78. The third-order valence-corrected chi connectivity index (χ3v) is 4.69. The molecule has 0 fully saturated rings. The molecular formula is C22H19N5O2. The first-order valence-electron chi connectivity index (χ1n) is 8.98. The smallest absolute Gasteiger partial charge is 0.157 e. The summed E-state index contributed by atoms with van der Waals surface area (Å²) in [5, 5.41) is 12.7. The van der Waals surface area contributed by atoms with Crippen LogP contribution in [0.4, 0.5) is 11.5 Å². The van der Waals surface area contributed by atoms with Crippen molar-refractivity contribution >= 4 is 34.5 Å². The molecule has 0 amide bonds. The zero-order chi connectivity index (χ0) is 20.4. The second-order valence-corrected chi connectivity index (χ2v) is 6.40. The molecule has 4 rings (SSSR count). The van der Waals surface area contributed by atoms with Crippen molar-refractivity contribution in [2.45, 2.75) is 6.92 Å². The Bertz CT molecular complexity index is 1280. The summed E-state index contributed by atoms with van der Waals surface area (Å²) in [4.78, 5) is 9.23. The molecule has 2 heterocycles. The molecule has 1 N–H and O–H groups in total. The normalized spacial score (nSPS) is 11.1. The predicted molar refractivity (Wildman–Crippen MR) is 113 cm³/mol. The number of fused-ring (bicyclic) bond motifs is 3. The van der Waals surface area contributed by atoms with Crippen molar-refractivity contribution in [2.75, 3.05) is 19.5 Å². The molecule has 7 nitrogen and oxygen atoms in total. The average molecular weight is 385 g/mol. The summed E-state index contributed by atoms with van der Waals surface area (Å²) in [5.41, 5.74) is 4.44. The number of nitriles is 1. The maximum absolute atomic E-state index is 9.58. The topological polar surface area (TPSA) is 83.9 Å². The predicted octanol–water partition coefficient (Wildman–Crippen LogP) is 4.46. The van der Waals surface area contributed by atoms with E-state index in [2.05, 4.69) is 21.4 Å². The Kier molecular flexibility index (Phi) is 4.75. The van der Waals surface area contributed by atoms with Gasteiger partial charge in [0.25, 0.3) is 0 Å². The summed E-state index contributed by atoms with van der Waals surface area (Å²) >= 11 is 0. The lowest BCUT2D eigenvalue weighted by Gasteiger charge is -2.10. The van der Waals surface area contributed by atoms with Crippen molar-refractivity contribution in [3.8, 4) is 17.6 Å². The number of rotatable bonds is 5. The number of aliphatic imine (C=N–C) groups is 1. The van der Waals surface area contributed by atoms with Gasteiger partial charge in [0.1, 0.15) is 23.4 Å². The molecule has 7 heteroatoms. The molecule has 0 aliphatic rings. The Morgan fingerprint density at radius 2 is 1.97 bits per heavy atom. The Hall–Kier alpha value is -4.05. The van der Waals surface area contributed by atoms with E-state index in [1.807, 2.05) is 53.8 Å². The third kappa shape index (κ3) is 3.21. The van der Waals surface area contributed by atoms with Crippen LogP contribution in [0.5, 0.6) is 11.5 Å². The third-order valence-electron chi connectivity index (χ3n) is 4.69. The first-order valence-corrected chi connectivity index (χ1v) is 8.98. The van der Waals surface area contributed by atoms with Gasteiger partial charge in [0.15, 0.2) is 5.65 Å². The molecule has 0 radical (unpaired) electrons. The molecule has 144 valence electrons. The Labute approximate surface area is 167 Å². The molecule has 0 bridgehead atoms. The second-order valence-electron chi connectivity index (χ2n) is 6.40. The van der Waals surface area contributed by atoms with Gasteiger partial charge in [-0.15, -0.1) is 0 Å². The van der Waals surface area contributed by atoms with E-state index in [0.717, 1.165) is 22.3 Å². The van der Waals surface area contributed by atoms with Crippen molar-refractivity contribution in [2.24, 2.45) is 4.99 Å². The first-order chi connectivity index (χ1) is 14.2. The summed E-state index contributed by atoms with van der Waals surface area (Å²) in [6.07, 6.45) is 1.60. The molecule has 4 aromatic rings. The molecule has 0 atom stereocenters. The number of aryl methyl sites for hydroxylation is 1. The monoisotopic (exact) mass is 385 g/mol. The lowest BCUT2D eigenvalue weighted by Crippen LogP contribution is -1.99. The van der Waals surface area contributed by atoms with Crippen LogP contribution in [-0.2, 0) is 0 Å². The van der Waals surface area contributed by atoms with E-state index >= 15 is 0 Å². The van der Waals surface area contributed by atoms with Crippen LogP contribution < -0.4 is 14.8 Å². The molecule has 0 unspecified atom stereocenters. The molecule has 29 heavy (non-hydrogen) atoms. The quantitative estimate of drug-likeness (QED) is 0.405. The number of nitrogens with zero attached hydrogens (tertiary/aromatic N) is 4. The van der Waals surface area contributed by atoms with Gasteiger partial charge in [-0.25, -0.2) is 9.98 Å². The van der Waals surface area contributed by atoms with E-state index in [0.29, 0.717) is 28.5 Å². The van der Waals surface area contributed by atoms with Gasteiger partial charge in [-0.3, -0.25) is 4.40 Å². The van der Waals surface area contributed by atoms with Crippen LogP contribution in [0, 0.1) is 18.3 Å². The maximum atomic E-state index is 9.58. The molecule has 2 aromatic carbocycles. The van der Waals surface area contributed by atoms with Crippen LogP contribution in [0.25, 0.3) is 16.7 Å². The van der Waals surface area contributed by atoms with Crippen LogP contribution in [-0.4, -0.2) is 29.9 Å². The fraction of sp³-hybridized carbons (Fsp3) is 0.136. The maximum Gasteiger partial charge on any atom is 0.157 e. The highest BCUT2D eigenvalue weighted by Crippen LogP contribution is 2.30. The molecule has 2 aromatic heterocycles. The van der Waals surface area contributed by atoms with E-state index in [-0.39, 0.29) is 0 Å². The van der Waals surface area contributed by atoms with Gasteiger partial charge in [-0.05, 0) is 42.8 Å². The van der Waals surface area contributed by atoms with E-state index < -0.39 is 0 Å². The highest BCUT2D eigenvalue weighted by molar-refractivity contribution is 5.86. The average Bonchev–Trinajstić information content (AvgIpc) is 3.13. The van der Waals surface area contributed by atoms with Crippen LogP contribution in [0.15, 0.2) is 53.5 Å². The molecular weight excluding hydrogens is 366 g/mol. The van der Waals surface area contributed by atoms with E-state index in [9.17, 15) is 5.26 Å². The lowest BCUT2D eigenvalue weighted by molar-refractivity contribution is 0.395. The van der Waals surface area contributed by atoms with Crippen LogP contribution in [0.1, 0.15) is 11.1 Å². The van der Waals surface area contributed by atoms with Gasteiger partial charge < -0.3 is 14.8 Å². The molecule has 0 aliphatic heterocycles. The van der Waals surface area contributed by atoms with E-state index in [1.165, 1.54) is 0 Å². The van der Waals surface area contributed by atoms with Crippen molar-refractivity contribution in [1.29, 1.82) is 5.26 Å². The lowest BCUT2D eigenvalue weighted by atomic mass is 10.1. The number of hydrogen-bond donors (Lipinski definition) is 1. The van der Waals surface area contributed by atoms with Crippen LogP contribution in [0.2, 0.25) is 0 Å². The van der Waals surface area contributed by atoms with Crippen molar-refractivity contribution in [3.05, 3.63) is 59.7 Å². The van der Waals surface area contributed by atoms with Gasteiger partial charge >= 0.3 is 0 Å². The number of imidazole rings is 1. The van der Waals surface area contributed by atoms with E-state index in [4.69, 9.17) is 9.47 Å². The summed E-state index contributed by atoms with van der Waals surface area (Å²) in [7, 11) is 3.21. The van der Waals surface area contributed by atoms with Crippen molar-refractivity contribution < 1.29 is 9.47 Å². The molecule has 0 saturated heterocycles. The number of benzene rings is 2. The van der Waals surface area contributed by atoms with Gasteiger partial charge in [0.2, 0.25) is 0 Å².